The molecule has 0 radical (unpaired) electrons. The average molecular weight is 427 g/mol. The van der Waals surface area contributed by atoms with Crippen molar-refractivity contribution < 1.29 is 38.1 Å². The second-order valence-corrected chi connectivity index (χ2v) is 8.15. The Labute approximate surface area is 177 Å². The Balaban J connectivity index is 1.61. The molecule has 3 aliphatic rings. The lowest BCUT2D eigenvalue weighted by molar-refractivity contribution is -0.231. The van der Waals surface area contributed by atoms with E-state index in [0.29, 0.717) is 13.0 Å². The number of hydrogen-bond donors (Lipinski definition) is 0. The molecule has 170 valence electrons. The van der Waals surface area contributed by atoms with Crippen LogP contribution in [0.1, 0.15) is 33.6 Å². The fourth-order valence-corrected chi connectivity index (χ4v) is 4.23. The van der Waals surface area contributed by atoms with Crippen LogP contribution in [0.2, 0.25) is 0 Å². The Hall–Kier alpha value is -1.52. The van der Waals surface area contributed by atoms with Crippen molar-refractivity contribution in [3.63, 3.8) is 0 Å². The molecule has 1 unspecified atom stereocenters. The molecule has 0 amide bonds. The number of rotatable bonds is 9. The van der Waals surface area contributed by atoms with Gasteiger partial charge in [0, 0.05) is 25.0 Å². The van der Waals surface area contributed by atoms with Crippen LogP contribution in [-0.4, -0.2) is 76.6 Å². The van der Waals surface area contributed by atoms with Crippen LogP contribution in [0.4, 0.5) is 0 Å². The zero-order valence-corrected chi connectivity index (χ0v) is 18.5. The van der Waals surface area contributed by atoms with Gasteiger partial charge in [0.1, 0.15) is 13.2 Å². The van der Waals surface area contributed by atoms with Gasteiger partial charge >= 0.3 is 5.97 Å². The highest BCUT2D eigenvalue weighted by molar-refractivity contribution is 5.84. The average Bonchev–Trinajstić information content (AvgIpc) is 3.34. The van der Waals surface area contributed by atoms with E-state index in [4.69, 9.17) is 33.3 Å². The molecule has 3 heterocycles. The Morgan fingerprint density at radius 1 is 1.13 bits per heavy atom. The van der Waals surface area contributed by atoms with E-state index in [1.807, 2.05) is 13.8 Å². The monoisotopic (exact) mass is 427 g/mol. The van der Waals surface area contributed by atoms with E-state index in [0.717, 1.165) is 17.7 Å². The molecule has 3 fully saturated rings. The molecule has 0 bridgehead atoms. The number of fused-ring (bicyclic) bond motifs is 1. The van der Waals surface area contributed by atoms with Crippen LogP contribution in [0.3, 0.4) is 0 Å². The Kier molecular flexibility index (Phi) is 7.86. The first-order valence-corrected chi connectivity index (χ1v) is 10.3. The zero-order valence-electron chi connectivity index (χ0n) is 18.5. The third kappa shape index (κ3) is 5.39. The van der Waals surface area contributed by atoms with Gasteiger partial charge in [-0.15, -0.1) is 0 Å². The molecule has 0 aromatic carbocycles. The summed E-state index contributed by atoms with van der Waals surface area (Å²) < 4.78 is 34.0. The van der Waals surface area contributed by atoms with Gasteiger partial charge in [-0.05, 0) is 26.7 Å². The summed E-state index contributed by atoms with van der Waals surface area (Å²) in [5.41, 5.74) is 1.77. The number of methoxy groups -OCH3 is 2. The number of carbonyl (C=O) groups is 1. The van der Waals surface area contributed by atoms with Crippen molar-refractivity contribution >= 4 is 11.7 Å². The summed E-state index contributed by atoms with van der Waals surface area (Å²) in [5.74, 6) is -0.0748. The molecule has 9 heteroatoms. The SMILES string of the molecule is CO/N=C(\C)[C@H](C)[C@@H]1O[C@H]1C[C@H]1CO[C@@H](C/C(C)=C/C(=O)OC)[C@@H]2OC(OC)O[C@H]12. The van der Waals surface area contributed by atoms with Crippen molar-refractivity contribution in [1.82, 2.24) is 0 Å². The van der Waals surface area contributed by atoms with Crippen molar-refractivity contribution in [3.8, 4) is 0 Å². The molecular weight excluding hydrogens is 394 g/mol. The first-order valence-electron chi connectivity index (χ1n) is 10.3. The molecule has 8 atom stereocenters. The molecule has 3 aliphatic heterocycles. The minimum atomic E-state index is -0.720. The maximum Gasteiger partial charge on any atom is 0.330 e. The van der Waals surface area contributed by atoms with Gasteiger partial charge in [-0.1, -0.05) is 17.7 Å². The summed E-state index contributed by atoms with van der Waals surface area (Å²) in [6.45, 7) is 5.72. The number of epoxide rings is 1. The first kappa shape index (κ1) is 23.1. The van der Waals surface area contributed by atoms with Gasteiger partial charge in [0.15, 0.2) is 0 Å². The second kappa shape index (κ2) is 10.2. The number of nitrogens with zero attached hydrogens (tertiary/aromatic N) is 1. The van der Waals surface area contributed by atoms with Crippen LogP contribution >= 0.6 is 0 Å². The van der Waals surface area contributed by atoms with Crippen molar-refractivity contribution in [2.24, 2.45) is 17.0 Å². The fourth-order valence-electron chi connectivity index (χ4n) is 4.23. The van der Waals surface area contributed by atoms with Crippen LogP contribution in [0, 0.1) is 11.8 Å². The third-order valence-electron chi connectivity index (χ3n) is 6.04. The Morgan fingerprint density at radius 3 is 2.53 bits per heavy atom. The predicted molar refractivity (Wildman–Crippen MR) is 107 cm³/mol. The van der Waals surface area contributed by atoms with E-state index in [-0.39, 0.29) is 48.3 Å². The predicted octanol–water partition coefficient (Wildman–Crippen LogP) is 2.04. The lowest BCUT2D eigenvalue weighted by Crippen LogP contribution is -2.48. The van der Waals surface area contributed by atoms with Gasteiger partial charge in [-0.2, -0.15) is 0 Å². The molecule has 9 nitrogen and oxygen atoms in total. The number of oxime groups is 1. The topological polar surface area (TPSA) is 97.3 Å². The molecule has 0 saturated carbocycles. The van der Waals surface area contributed by atoms with Gasteiger partial charge in [0.05, 0.1) is 43.8 Å². The van der Waals surface area contributed by atoms with Crippen LogP contribution in [0.15, 0.2) is 16.8 Å². The summed E-state index contributed by atoms with van der Waals surface area (Å²) in [5, 5.41) is 4.02. The lowest BCUT2D eigenvalue weighted by atomic mass is 9.85. The summed E-state index contributed by atoms with van der Waals surface area (Å²) in [7, 11) is 4.45. The van der Waals surface area contributed by atoms with E-state index in [1.54, 1.807) is 14.2 Å². The Bertz CT molecular complexity index is 665. The van der Waals surface area contributed by atoms with Gasteiger partial charge in [-0.25, -0.2) is 4.79 Å². The Morgan fingerprint density at radius 2 is 1.87 bits per heavy atom. The van der Waals surface area contributed by atoms with Crippen LogP contribution < -0.4 is 0 Å². The van der Waals surface area contributed by atoms with Gasteiger partial charge < -0.3 is 33.3 Å². The maximum atomic E-state index is 11.5. The van der Waals surface area contributed by atoms with E-state index >= 15 is 0 Å². The summed E-state index contributed by atoms with van der Waals surface area (Å²) in [6.07, 6.45) is 2.41. The number of hydrogen-bond acceptors (Lipinski definition) is 9. The maximum absolute atomic E-state index is 11.5. The highest BCUT2D eigenvalue weighted by Gasteiger charge is 2.53. The quantitative estimate of drug-likeness (QED) is 0.181. The van der Waals surface area contributed by atoms with Crippen molar-refractivity contribution in [3.05, 3.63) is 11.6 Å². The number of esters is 1. The molecule has 3 rings (SSSR count). The first-order chi connectivity index (χ1) is 14.4. The van der Waals surface area contributed by atoms with Gasteiger partial charge in [0.25, 0.3) is 6.48 Å². The van der Waals surface area contributed by atoms with Gasteiger partial charge in [0.2, 0.25) is 0 Å². The summed E-state index contributed by atoms with van der Waals surface area (Å²) in [4.78, 5) is 16.4. The van der Waals surface area contributed by atoms with Crippen molar-refractivity contribution in [2.45, 2.75) is 70.6 Å². The normalized spacial score (nSPS) is 37.5. The zero-order chi connectivity index (χ0) is 21.8. The number of ether oxygens (including phenoxy) is 6. The fraction of sp³-hybridized carbons (Fsp3) is 0.810. The molecule has 0 spiro atoms. The minimum absolute atomic E-state index is 0.117. The molecule has 3 saturated heterocycles. The largest absolute Gasteiger partial charge is 0.466 e. The van der Waals surface area contributed by atoms with E-state index in [2.05, 4.69) is 12.1 Å². The highest BCUT2D eigenvalue weighted by Crippen LogP contribution is 2.42. The molecule has 0 aromatic heterocycles. The van der Waals surface area contributed by atoms with Crippen molar-refractivity contribution in [1.29, 1.82) is 0 Å². The third-order valence-corrected chi connectivity index (χ3v) is 6.04. The minimum Gasteiger partial charge on any atom is -0.466 e. The molecular formula is C21H33NO8. The number of carbonyl (C=O) groups excluding carboxylic acids is 1. The standard InChI is InChI=1S/C21H33NO8/c1-11(8-17(23)24-4)7-15-20-19(29-21(25-5)30-20)14(10-27-15)9-16-18(28-16)12(2)13(3)22-26-6/h8,12,14-16,18-21H,7,9-10H2,1-6H3/b11-8+,22-13+/t12-,14-,15-,16-,18-,19+,20-,21?/m0/s1. The lowest BCUT2D eigenvalue weighted by Gasteiger charge is -2.37. The summed E-state index contributed by atoms with van der Waals surface area (Å²) in [6, 6.07) is 0. The van der Waals surface area contributed by atoms with Crippen LogP contribution in [0.25, 0.3) is 0 Å². The molecule has 0 aromatic rings. The van der Waals surface area contributed by atoms with Crippen molar-refractivity contribution in [2.75, 3.05) is 27.9 Å². The van der Waals surface area contributed by atoms with Crippen LogP contribution in [0.5, 0.6) is 0 Å². The van der Waals surface area contributed by atoms with Gasteiger partial charge in [-0.3, -0.25) is 0 Å². The highest BCUT2D eigenvalue weighted by atomic mass is 16.9. The second-order valence-electron chi connectivity index (χ2n) is 8.15. The molecule has 30 heavy (non-hydrogen) atoms. The van der Waals surface area contributed by atoms with E-state index < -0.39 is 6.48 Å². The molecule has 0 N–H and O–H groups in total. The smallest absolute Gasteiger partial charge is 0.330 e. The van der Waals surface area contributed by atoms with Crippen LogP contribution in [-0.2, 0) is 38.1 Å². The summed E-state index contributed by atoms with van der Waals surface area (Å²) >= 11 is 0. The molecule has 0 aliphatic carbocycles. The van der Waals surface area contributed by atoms with E-state index in [1.165, 1.54) is 13.2 Å². The van der Waals surface area contributed by atoms with E-state index in [9.17, 15) is 4.79 Å².